The lowest BCUT2D eigenvalue weighted by Crippen LogP contribution is -2.10. The van der Waals surface area contributed by atoms with Crippen LogP contribution in [0, 0.1) is 6.20 Å². The van der Waals surface area contributed by atoms with Crippen molar-refractivity contribution in [3.05, 3.63) is 48.8 Å². The van der Waals surface area contributed by atoms with Gasteiger partial charge in [0.05, 0.1) is 6.20 Å². The first kappa shape index (κ1) is 9.71. The molecule has 0 N–H and O–H groups in total. The highest BCUT2D eigenvalue weighted by atomic mass is 15.1. The molecule has 2 aromatic rings. The SMILES string of the molecule is CN(C)c1ccn[c]c1-c1ccccc1. The first-order valence-corrected chi connectivity index (χ1v) is 4.88. The van der Waals surface area contributed by atoms with Gasteiger partial charge in [-0.25, -0.2) is 0 Å². The van der Waals surface area contributed by atoms with Gasteiger partial charge in [-0.1, -0.05) is 30.3 Å². The van der Waals surface area contributed by atoms with Crippen molar-refractivity contribution in [2.24, 2.45) is 0 Å². The molecule has 1 aromatic carbocycles. The van der Waals surface area contributed by atoms with Crippen LogP contribution in [0.5, 0.6) is 0 Å². The van der Waals surface area contributed by atoms with Crippen LogP contribution in [0.3, 0.4) is 0 Å². The molecule has 0 bridgehead atoms. The minimum absolute atomic E-state index is 1.04. The summed E-state index contributed by atoms with van der Waals surface area (Å²) in [6, 6.07) is 12.2. The van der Waals surface area contributed by atoms with E-state index in [-0.39, 0.29) is 0 Å². The van der Waals surface area contributed by atoms with Crippen molar-refractivity contribution in [1.29, 1.82) is 0 Å². The van der Waals surface area contributed by atoms with Crippen molar-refractivity contribution in [2.45, 2.75) is 0 Å². The fraction of sp³-hybridized carbons (Fsp3) is 0.154. The van der Waals surface area contributed by atoms with Gasteiger partial charge in [0, 0.05) is 31.5 Å². The van der Waals surface area contributed by atoms with E-state index in [0.717, 1.165) is 16.8 Å². The number of hydrogen-bond acceptors (Lipinski definition) is 2. The number of nitrogens with zero attached hydrogens (tertiary/aromatic N) is 2. The van der Waals surface area contributed by atoms with Crippen LogP contribution in [0.2, 0.25) is 0 Å². The van der Waals surface area contributed by atoms with Crippen LogP contribution in [0.1, 0.15) is 0 Å². The van der Waals surface area contributed by atoms with Crippen molar-refractivity contribution in [3.63, 3.8) is 0 Å². The maximum atomic E-state index is 4.05. The van der Waals surface area contributed by atoms with Crippen LogP contribution in [0.25, 0.3) is 11.1 Å². The van der Waals surface area contributed by atoms with Gasteiger partial charge in [-0.15, -0.1) is 0 Å². The second-order valence-electron chi connectivity index (χ2n) is 3.58. The minimum atomic E-state index is 1.04. The summed E-state index contributed by atoms with van der Waals surface area (Å²) >= 11 is 0. The van der Waals surface area contributed by atoms with E-state index in [2.05, 4.69) is 28.2 Å². The van der Waals surface area contributed by atoms with E-state index in [1.807, 2.05) is 38.4 Å². The molecule has 2 rings (SSSR count). The highest BCUT2D eigenvalue weighted by molar-refractivity contribution is 5.76. The highest BCUT2D eigenvalue weighted by Crippen LogP contribution is 2.27. The predicted molar refractivity (Wildman–Crippen MR) is 62.8 cm³/mol. The van der Waals surface area contributed by atoms with E-state index >= 15 is 0 Å². The average Bonchev–Trinajstić information content (AvgIpc) is 2.30. The molecular weight excluding hydrogens is 184 g/mol. The zero-order valence-corrected chi connectivity index (χ0v) is 8.94. The summed E-state index contributed by atoms with van der Waals surface area (Å²) in [5.74, 6) is 0. The zero-order valence-electron chi connectivity index (χ0n) is 8.94. The maximum absolute atomic E-state index is 4.05. The van der Waals surface area contributed by atoms with Crippen molar-refractivity contribution in [3.8, 4) is 11.1 Å². The van der Waals surface area contributed by atoms with Crippen molar-refractivity contribution in [2.75, 3.05) is 19.0 Å². The van der Waals surface area contributed by atoms with Gasteiger partial charge in [-0.3, -0.25) is 4.98 Å². The molecule has 0 atom stereocenters. The molecule has 0 aliphatic carbocycles. The summed E-state index contributed by atoms with van der Waals surface area (Å²) < 4.78 is 0. The lowest BCUT2D eigenvalue weighted by molar-refractivity contribution is 1.12. The van der Waals surface area contributed by atoms with Crippen molar-refractivity contribution < 1.29 is 0 Å². The Labute approximate surface area is 90.2 Å². The number of rotatable bonds is 2. The van der Waals surface area contributed by atoms with E-state index in [1.54, 1.807) is 6.20 Å². The van der Waals surface area contributed by atoms with Gasteiger partial charge < -0.3 is 4.90 Å². The first-order chi connectivity index (χ1) is 7.29. The van der Waals surface area contributed by atoms with Crippen LogP contribution < -0.4 is 4.90 Å². The topological polar surface area (TPSA) is 16.1 Å². The standard InChI is InChI=1S/C13H13N2/c1-15(2)13-8-9-14-10-12(13)11-6-4-3-5-7-11/h3-9H,1-2H3. The smallest absolute Gasteiger partial charge is 0.0992 e. The van der Waals surface area contributed by atoms with E-state index in [4.69, 9.17) is 0 Å². The molecule has 75 valence electrons. The summed E-state index contributed by atoms with van der Waals surface area (Å²) in [4.78, 5) is 6.12. The number of hydrogen-bond donors (Lipinski definition) is 0. The Morgan fingerprint density at radius 3 is 2.47 bits per heavy atom. The largest absolute Gasteiger partial charge is 0.377 e. The molecular formula is C13H13N2. The Bertz CT molecular complexity index is 435. The summed E-state index contributed by atoms with van der Waals surface area (Å²) in [5.41, 5.74) is 3.33. The molecule has 2 nitrogen and oxygen atoms in total. The molecule has 0 saturated carbocycles. The van der Waals surface area contributed by atoms with Gasteiger partial charge in [0.2, 0.25) is 0 Å². The summed E-state index contributed by atoms with van der Waals surface area (Å²) in [6.07, 6.45) is 4.81. The van der Waals surface area contributed by atoms with Crippen molar-refractivity contribution in [1.82, 2.24) is 4.98 Å². The third kappa shape index (κ3) is 1.99. The Morgan fingerprint density at radius 2 is 1.80 bits per heavy atom. The zero-order chi connectivity index (χ0) is 10.7. The minimum Gasteiger partial charge on any atom is -0.377 e. The molecule has 15 heavy (non-hydrogen) atoms. The molecule has 0 unspecified atom stereocenters. The van der Waals surface area contributed by atoms with E-state index in [1.165, 1.54) is 0 Å². The number of benzene rings is 1. The van der Waals surface area contributed by atoms with Crippen molar-refractivity contribution >= 4 is 5.69 Å². The molecule has 2 heteroatoms. The fourth-order valence-electron chi connectivity index (χ4n) is 1.54. The summed E-state index contributed by atoms with van der Waals surface area (Å²) in [7, 11) is 4.05. The van der Waals surface area contributed by atoms with Gasteiger partial charge in [-0.05, 0) is 11.6 Å². The highest BCUT2D eigenvalue weighted by Gasteiger charge is 2.06. The molecule has 0 aliphatic heterocycles. The van der Waals surface area contributed by atoms with E-state index in [9.17, 15) is 0 Å². The Kier molecular flexibility index (Phi) is 2.68. The second kappa shape index (κ2) is 4.13. The summed E-state index contributed by atoms with van der Waals surface area (Å²) in [6.45, 7) is 0. The number of aromatic nitrogens is 1. The van der Waals surface area contributed by atoms with E-state index in [0.29, 0.717) is 0 Å². The van der Waals surface area contributed by atoms with Gasteiger partial charge in [0.1, 0.15) is 0 Å². The molecule has 0 amide bonds. The third-order valence-electron chi connectivity index (χ3n) is 2.28. The van der Waals surface area contributed by atoms with E-state index < -0.39 is 0 Å². The monoisotopic (exact) mass is 197 g/mol. The molecule has 1 aromatic heterocycles. The Hall–Kier alpha value is -1.83. The molecule has 0 fully saturated rings. The van der Waals surface area contributed by atoms with Crippen LogP contribution >= 0.6 is 0 Å². The van der Waals surface area contributed by atoms with Crippen LogP contribution in [0.4, 0.5) is 5.69 Å². The molecule has 0 spiro atoms. The lowest BCUT2D eigenvalue weighted by atomic mass is 10.1. The van der Waals surface area contributed by atoms with Gasteiger partial charge in [0.25, 0.3) is 0 Å². The first-order valence-electron chi connectivity index (χ1n) is 4.88. The summed E-state index contributed by atoms with van der Waals surface area (Å²) in [5, 5.41) is 0. The third-order valence-corrected chi connectivity index (χ3v) is 2.28. The second-order valence-corrected chi connectivity index (χ2v) is 3.58. The average molecular weight is 197 g/mol. The number of anilines is 1. The molecule has 0 saturated heterocycles. The fourth-order valence-corrected chi connectivity index (χ4v) is 1.54. The van der Waals surface area contributed by atoms with Gasteiger partial charge in [0.15, 0.2) is 0 Å². The Balaban J connectivity index is 2.53. The van der Waals surface area contributed by atoms with Gasteiger partial charge >= 0.3 is 0 Å². The number of pyridine rings is 1. The molecule has 0 aliphatic rings. The lowest BCUT2D eigenvalue weighted by Gasteiger charge is -2.16. The maximum Gasteiger partial charge on any atom is 0.0992 e. The Morgan fingerprint density at radius 1 is 1.07 bits per heavy atom. The van der Waals surface area contributed by atoms with Crippen LogP contribution in [-0.2, 0) is 0 Å². The predicted octanol–water partition coefficient (Wildman–Crippen LogP) is 2.61. The normalized spacial score (nSPS) is 10.0. The van der Waals surface area contributed by atoms with Crippen LogP contribution in [0.15, 0.2) is 42.6 Å². The quantitative estimate of drug-likeness (QED) is 0.735. The van der Waals surface area contributed by atoms with Crippen LogP contribution in [-0.4, -0.2) is 19.1 Å². The molecule has 1 heterocycles. The van der Waals surface area contributed by atoms with Gasteiger partial charge in [-0.2, -0.15) is 0 Å². The molecule has 1 radical (unpaired) electrons.